The van der Waals surface area contributed by atoms with Crippen LogP contribution in [-0.2, 0) is 0 Å². The molecular formula is C6H17BN. The highest BCUT2D eigenvalue weighted by molar-refractivity contribution is 5.75. The Morgan fingerprint density at radius 2 is 1.25 bits per heavy atom. The first-order valence-corrected chi connectivity index (χ1v) is 2.99. The summed E-state index contributed by atoms with van der Waals surface area (Å²) in [4.78, 5) is 0. The van der Waals surface area contributed by atoms with Gasteiger partial charge in [-0.2, -0.15) is 0 Å². The normalized spacial score (nSPS) is 6.00. The van der Waals surface area contributed by atoms with Gasteiger partial charge in [0.1, 0.15) is 0 Å². The lowest BCUT2D eigenvalue weighted by molar-refractivity contribution is 0.772. The second kappa shape index (κ2) is 27.9. The van der Waals surface area contributed by atoms with E-state index in [-0.39, 0.29) is 8.41 Å². The lowest BCUT2D eigenvalue weighted by Gasteiger charge is -1.79. The fraction of sp³-hybridized carbons (Fsp3) is 1.00. The lowest BCUT2D eigenvalue weighted by atomic mass is 10.3. The molecule has 0 aliphatic rings. The van der Waals surface area contributed by atoms with Gasteiger partial charge in [0.2, 0.25) is 0 Å². The van der Waals surface area contributed by atoms with Crippen LogP contribution in [0.2, 0.25) is 0 Å². The van der Waals surface area contributed by atoms with E-state index in [0.717, 1.165) is 0 Å². The van der Waals surface area contributed by atoms with E-state index in [1.807, 2.05) is 0 Å². The summed E-state index contributed by atoms with van der Waals surface area (Å²) in [5.74, 6) is 0. The maximum absolute atomic E-state index is 4.50. The first-order chi connectivity index (χ1) is 3.41. The molecule has 0 aliphatic carbocycles. The average Bonchev–Trinajstić information content (AvgIpc) is 1.75. The monoisotopic (exact) mass is 114 g/mol. The smallest absolute Gasteiger partial charge is 0 e. The van der Waals surface area contributed by atoms with Crippen molar-refractivity contribution in [2.24, 2.45) is 5.73 Å². The fourth-order valence-electron chi connectivity index (χ4n) is 0.354. The Morgan fingerprint density at radius 3 is 1.25 bits per heavy atom. The van der Waals surface area contributed by atoms with Crippen molar-refractivity contribution >= 4 is 8.41 Å². The molecule has 1 nitrogen and oxygen atoms in total. The molecule has 0 aliphatic heterocycles. The molecule has 0 aromatic carbocycles. The second-order valence-electron chi connectivity index (χ2n) is 1.35. The molecule has 0 fully saturated rings. The summed E-state index contributed by atoms with van der Waals surface area (Å²) >= 11 is 0. The third-order valence-electron chi connectivity index (χ3n) is 0.707. The predicted molar refractivity (Wildman–Crippen MR) is 41.1 cm³/mol. The van der Waals surface area contributed by atoms with Crippen molar-refractivity contribution in [2.45, 2.75) is 33.1 Å². The minimum Gasteiger partial charge on any atom is -0.333 e. The molecule has 0 unspecified atom stereocenters. The zero-order chi connectivity index (χ0) is 6.12. The summed E-state index contributed by atoms with van der Waals surface area (Å²) in [5, 5.41) is 0. The van der Waals surface area contributed by atoms with Crippen molar-refractivity contribution in [3.8, 4) is 0 Å². The topological polar surface area (TPSA) is 26.0 Å². The van der Waals surface area contributed by atoms with Crippen LogP contribution in [0.3, 0.4) is 0 Å². The number of unbranched alkanes of at least 4 members (excludes halogenated alkanes) is 2. The largest absolute Gasteiger partial charge is 0.333 e. The summed E-state index contributed by atoms with van der Waals surface area (Å²) in [6, 6.07) is 0. The summed E-state index contributed by atoms with van der Waals surface area (Å²) in [7, 11) is 1.50. The number of nitrogens with two attached hydrogens (primary N) is 1. The first-order valence-electron chi connectivity index (χ1n) is 2.99. The number of hydrogen-bond donors (Lipinski definition) is 1. The first kappa shape index (κ1) is 15.7. The Kier molecular flexibility index (Phi) is 54.6. The van der Waals surface area contributed by atoms with Gasteiger partial charge in [-0.3, -0.25) is 0 Å². The van der Waals surface area contributed by atoms with Gasteiger partial charge in [-0.05, 0) is 7.05 Å². The van der Waals surface area contributed by atoms with Gasteiger partial charge in [0.25, 0.3) is 0 Å². The van der Waals surface area contributed by atoms with Crippen molar-refractivity contribution in [3.05, 3.63) is 0 Å². The van der Waals surface area contributed by atoms with Crippen LogP contribution < -0.4 is 5.73 Å². The maximum atomic E-state index is 4.50. The van der Waals surface area contributed by atoms with E-state index in [1.54, 1.807) is 0 Å². The van der Waals surface area contributed by atoms with E-state index < -0.39 is 0 Å². The molecule has 0 saturated carbocycles. The van der Waals surface area contributed by atoms with Crippen LogP contribution in [0.1, 0.15) is 33.1 Å². The Balaban J connectivity index is -0.0000000750. The standard InChI is InChI=1S/C5H12.CH5N.B/c1-3-5-4-2;1-2;/h3-5H2,1-2H3;2H2,1H3;. The Labute approximate surface area is 55.2 Å². The Bertz CT molecular complexity index is 16.0. The van der Waals surface area contributed by atoms with Crippen molar-refractivity contribution in [3.63, 3.8) is 0 Å². The minimum absolute atomic E-state index is 0. The SMILES string of the molecule is CCCCC.CN.[B]. The van der Waals surface area contributed by atoms with Crippen LogP contribution in [-0.4, -0.2) is 15.5 Å². The van der Waals surface area contributed by atoms with Gasteiger partial charge in [0, 0.05) is 8.41 Å². The summed E-state index contributed by atoms with van der Waals surface area (Å²) in [6.45, 7) is 4.42. The molecule has 0 saturated heterocycles. The van der Waals surface area contributed by atoms with Gasteiger partial charge in [-0.25, -0.2) is 0 Å². The molecule has 49 valence electrons. The number of hydrogen-bond acceptors (Lipinski definition) is 1. The van der Waals surface area contributed by atoms with Crippen LogP contribution in [0, 0.1) is 0 Å². The predicted octanol–water partition coefficient (Wildman–Crippen LogP) is 1.39. The van der Waals surface area contributed by atoms with E-state index in [9.17, 15) is 0 Å². The van der Waals surface area contributed by atoms with Crippen LogP contribution >= 0.6 is 0 Å². The van der Waals surface area contributed by atoms with Crippen LogP contribution in [0.15, 0.2) is 0 Å². The zero-order valence-electron chi connectivity index (χ0n) is 6.28. The van der Waals surface area contributed by atoms with Gasteiger partial charge in [-0.1, -0.05) is 33.1 Å². The van der Waals surface area contributed by atoms with Crippen LogP contribution in [0.5, 0.6) is 0 Å². The second-order valence-corrected chi connectivity index (χ2v) is 1.35. The van der Waals surface area contributed by atoms with Crippen LogP contribution in [0.25, 0.3) is 0 Å². The van der Waals surface area contributed by atoms with E-state index in [2.05, 4.69) is 19.6 Å². The molecule has 2 N–H and O–H groups in total. The van der Waals surface area contributed by atoms with E-state index in [0.29, 0.717) is 0 Å². The highest BCUT2D eigenvalue weighted by atomic mass is 14.4. The lowest BCUT2D eigenvalue weighted by Crippen LogP contribution is -1.69. The molecule has 0 atom stereocenters. The number of rotatable bonds is 2. The molecule has 0 bridgehead atoms. The van der Waals surface area contributed by atoms with Crippen molar-refractivity contribution in [2.75, 3.05) is 7.05 Å². The van der Waals surface area contributed by atoms with Crippen LogP contribution in [0.4, 0.5) is 0 Å². The molecule has 0 amide bonds. The molecule has 0 rings (SSSR count). The van der Waals surface area contributed by atoms with Crippen molar-refractivity contribution in [1.29, 1.82) is 0 Å². The highest BCUT2D eigenvalue weighted by Crippen LogP contribution is 1.88. The summed E-state index contributed by atoms with van der Waals surface area (Å²) < 4.78 is 0. The van der Waals surface area contributed by atoms with E-state index in [1.165, 1.54) is 26.3 Å². The van der Waals surface area contributed by atoms with Gasteiger partial charge in [-0.15, -0.1) is 0 Å². The minimum atomic E-state index is 0. The van der Waals surface area contributed by atoms with E-state index in [4.69, 9.17) is 0 Å². The third kappa shape index (κ3) is 37.1. The molecule has 8 heavy (non-hydrogen) atoms. The molecule has 3 radical (unpaired) electrons. The van der Waals surface area contributed by atoms with Crippen molar-refractivity contribution in [1.82, 2.24) is 0 Å². The van der Waals surface area contributed by atoms with Gasteiger partial charge >= 0.3 is 0 Å². The Hall–Kier alpha value is 0.0249. The van der Waals surface area contributed by atoms with Gasteiger partial charge in [0.15, 0.2) is 0 Å². The molecule has 0 heterocycles. The van der Waals surface area contributed by atoms with Crippen molar-refractivity contribution < 1.29 is 0 Å². The third-order valence-corrected chi connectivity index (χ3v) is 0.707. The molecule has 0 aromatic rings. The maximum Gasteiger partial charge on any atom is 0 e. The summed E-state index contributed by atoms with van der Waals surface area (Å²) in [6.07, 6.45) is 4.08. The molecule has 0 spiro atoms. The summed E-state index contributed by atoms with van der Waals surface area (Å²) in [5.41, 5.74) is 4.50. The zero-order valence-corrected chi connectivity index (χ0v) is 6.28. The molecule has 2 heteroatoms. The average molecular weight is 114 g/mol. The molecule has 0 aromatic heterocycles. The molecular weight excluding hydrogens is 96.9 g/mol. The quantitative estimate of drug-likeness (QED) is 0.539. The fourth-order valence-corrected chi connectivity index (χ4v) is 0.354. The van der Waals surface area contributed by atoms with Gasteiger partial charge < -0.3 is 5.73 Å². The van der Waals surface area contributed by atoms with Gasteiger partial charge in [0.05, 0.1) is 0 Å². The Morgan fingerprint density at radius 1 is 1.00 bits per heavy atom. The highest BCUT2D eigenvalue weighted by Gasteiger charge is 1.68. The van der Waals surface area contributed by atoms with E-state index >= 15 is 0 Å².